The number of rotatable bonds is 3. The van der Waals surface area contributed by atoms with Crippen molar-refractivity contribution >= 4 is 39.9 Å². The minimum Gasteiger partial charge on any atom is -0.360 e. The molecule has 0 atom stereocenters. The van der Waals surface area contributed by atoms with Crippen LogP contribution in [0.15, 0.2) is 48.7 Å². The van der Waals surface area contributed by atoms with E-state index in [1.165, 1.54) is 0 Å². The minimum atomic E-state index is 0.0424. The molecule has 0 saturated carbocycles. The number of aromatic amines is 1. The van der Waals surface area contributed by atoms with Gasteiger partial charge in [-0.3, -0.25) is 4.79 Å². The maximum atomic E-state index is 12.4. The van der Waals surface area contributed by atoms with Crippen molar-refractivity contribution in [1.82, 2.24) is 4.98 Å². The number of halogens is 2. The molecular weight excluding hydrogens is 293 g/mol. The Morgan fingerprint density at radius 2 is 1.85 bits per heavy atom. The van der Waals surface area contributed by atoms with Gasteiger partial charge in [-0.05, 0) is 35.9 Å². The average molecular weight is 304 g/mol. The van der Waals surface area contributed by atoms with Crippen LogP contribution in [0.25, 0.3) is 10.9 Å². The highest BCUT2D eigenvalue weighted by atomic mass is 35.5. The van der Waals surface area contributed by atoms with Crippen LogP contribution in [0.4, 0.5) is 0 Å². The number of fused-ring (bicyclic) bond motifs is 1. The molecule has 0 aliphatic rings. The Balaban J connectivity index is 1.94. The third kappa shape index (κ3) is 2.58. The van der Waals surface area contributed by atoms with Gasteiger partial charge in [0.2, 0.25) is 0 Å². The van der Waals surface area contributed by atoms with E-state index in [9.17, 15) is 4.79 Å². The van der Waals surface area contributed by atoms with E-state index >= 15 is 0 Å². The second-order valence-corrected chi connectivity index (χ2v) is 5.50. The maximum absolute atomic E-state index is 12.4. The largest absolute Gasteiger partial charge is 0.360 e. The second kappa shape index (κ2) is 5.31. The summed E-state index contributed by atoms with van der Waals surface area (Å²) in [4.78, 5) is 15.5. The van der Waals surface area contributed by atoms with Crippen molar-refractivity contribution in [2.24, 2.45) is 0 Å². The summed E-state index contributed by atoms with van der Waals surface area (Å²) < 4.78 is 0. The van der Waals surface area contributed by atoms with Crippen LogP contribution < -0.4 is 0 Å². The van der Waals surface area contributed by atoms with E-state index in [0.29, 0.717) is 22.0 Å². The number of carbonyl (C=O) groups is 1. The number of carbonyl (C=O) groups excluding carboxylic acids is 1. The number of nitrogens with one attached hydrogen (secondary N) is 1. The molecule has 0 saturated heterocycles. The molecule has 1 heterocycles. The van der Waals surface area contributed by atoms with Gasteiger partial charge in [0.05, 0.1) is 0 Å². The molecule has 4 heteroatoms. The molecular formula is C16H11Cl2NO. The molecule has 0 spiro atoms. The molecule has 2 nitrogen and oxygen atoms in total. The molecule has 0 aliphatic carbocycles. The van der Waals surface area contributed by atoms with Crippen molar-refractivity contribution in [2.45, 2.75) is 6.42 Å². The molecule has 0 unspecified atom stereocenters. The van der Waals surface area contributed by atoms with Gasteiger partial charge in [0.1, 0.15) is 0 Å². The molecule has 2 aromatic carbocycles. The van der Waals surface area contributed by atoms with Crippen LogP contribution in [-0.4, -0.2) is 10.8 Å². The molecule has 0 amide bonds. The minimum absolute atomic E-state index is 0.0424. The van der Waals surface area contributed by atoms with Gasteiger partial charge in [0, 0.05) is 39.1 Å². The van der Waals surface area contributed by atoms with Crippen molar-refractivity contribution in [2.75, 3.05) is 0 Å². The third-order valence-electron chi connectivity index (χ3n) is 3.20. The monoisotopic (exact) mass is 303 g/mol. The summed E-state index contributed by atoms with van der Waals surface area (Å²) >= 11 is 11.9. The number of Topliss-reactive ketones (excluding diaryl/α,β-unsaturated/α-hetero) is 1. The first-order chi connectivity index (χ1) is 9.63. The fourth-order valence-corrected chi connectivity index (χ4v) is 2.64. The molecule has 20 heavy (non-hydrogen) atoms. The van der Waals surface area contributed by atoms with E-state index in [-0.39, 0.29) is 5.78 Å². The van der Waals surface area contributed by atoms with Crippen LogP contribution in [-0.2, 0) is 6.42 Å². The van der Waals surface area contributed by atoms with E-state index < -0.39 is 0 Å². The molecule has 3 aromatic rings. The number of hydrogen-bond acceptors (Lipinski definition) is 1. The lowest BCUT2D eigenvalue weighted by molar-refractivity contribution is 0.0994. The van der Waals surface area contributed by atoms with Gasteiger partial charge >= 0.3 is 0 Å². The van der Waals surface area contributed by atoms with Crippen LogP contribution >= 0.6 is 23.2 Å². The summed E-state index contributed by atoms with van der Waals surface area (Å²) in [5, 5.41) is 2.11. The highest BCUT2D eigenvalue weighted by Crippen LogP contribution is 2.24. The zero-order chi connectivity index (χ0) is 14.1. The van der Waals surface area contributed by atoms with Crippen LogP contribution in [0.1, 0.15) is 15.9 Å². The SMILES string of the molecule is O=C(Cc1cccc(Cl)c1)c1c[nH]c2ccc(Cl)cc12. The molecule has 3 rings (SSSR count). The quantitative estimate of drug-likeness (QED) is 0.686. The smallest absolute Gasteiger partial charge is 0.169 e. The van der Waals surface area contributed by atoms with Gasteiger partial charge in [-0.15, -0.1) is 0 Å². The van der Waals surface area contributed by atoms with Crippen molar-refractivity contribution < 1.29 is 4.79 Å². The lowest BCUT2D eigenvalue weighted by atomic mass is 10.0. The first kappa shape index (κ1) is 13.2. The predicted octanol–water partition coefficient (Wildman–Crippen LogP) is 4.90. The van der Waals surface area contributed by atoms with E-state index in [4.69, 9.17) is 23.2 Å². The molecule has 0 bridgehead atoms. The van der Waals surface area contributed by atoms with Gasteiger partial charge in [-0.25, -0.2) is 0 Å². The van der Waals surface area contributed by atoms with E-state index in [1.54, 1.807) is 30.5 Å². The number of hydrogen-bond donors (Lipinski definition) is 1. The summed E-state index contributed by atoms with van der Waals surface area (Å²) in [5.74, 6) is 0.0424. The second-order valence-electron chi connectivity index (χ2n) is 4.62. The van der Waals surface area contributed by atoms with Crippen molar-refractivity contribution in [3.8, 4) is 0 Å². The fraction of sp³-hybridized carbons (Fsp3) is 0.0625. The molecule has 100 valence electrons. The van der Waals surface area contributed by atoms with Crippen LogP contribution in [0, 0.1) is 0 Å². The van der Waals surface area contributed by atoms with E-state index in [1.807, 2.05) is 18.2 Å². The Morgan fingerprint density at radius 1 is 1.05 bits per heavy atom. The zero-order valence-electron chi connectivity index (χ0n) is 10.5. The van der Waals surface area contributed by atoms with Crippen LogP contribution in [0.5, 0.6) is 0 Å². The predicted molar refractivity (Wildman–Crippen MR) is 82.8 cm³/mol. The summed E-state index contributed by atoms with van der Waals surface area (Å²) in [6.45, 7) is 0. The zero-order valence-corrected chi connectivity index (χ0v) is 12.0. The van der Waals surface area contributed by atoms with Gasteiger partial charge < -0.3 is 4.98 Å². The summed E-state index contributed by atoms with van der Waals surface area (Å²) in [7, 11) is 0. The van der Waals surface area contributed by atoms with E-state index in [2.05, 4.69) is 4.98 Å². The summed E-state index contributed by atoms with van der Waals surface area (Å²) in [6.07, 6.45) is 2.05. The topological polar surface area (TPSA) is 32.9 Å². The summed E-state index contributed by atoms with van der Waals surface area (Å²) in [6, 6.07) is 12.8. The standard InChI is InChI=1S/C16H11Cl2NO/c17-11-3-1-2-10(6-11)7-16(20)14-9-19-15-5-4-12(18)8-13(14)15/h1-6,8-9,19H,7H2. The van der Waals surface area contributed by atoms with Crippen LogP contribution in [0.3, 0.4) is 0 Å². The highest BCUT2D eigenvalue weighted by Gasteiger charge is 2.13. The third-order valence-corrected chi connectivity index (χ3v) is 3.67. The Bertz CT molecular complexity index is 792. The molecule has 0 radical (unpaired) electrons. The normalized spacial score (nSPS) is 10.9. The summed E-state index contributed by atoms with van der Waals surface area (Å²) in [5.41, 5.74) is 2.46. The lowest BCUT2D eigenvalue weighted by Gasteiger charge is -2.01. The number of benzene rings is 2. The first-order valence-electron chi connectivity index (χ1n) is 6.18. The molecule has 1 N–H and O–H groups in total. The molecule has 0 aliphatic heterocycles. The van der Waals surface area contributed by atoms with Gasteiger partial charge in [0.15, 0.2) is 5.78 Å². The van der Waals surface area contributed by atoms with Gasteiger partial charge in [-0.2, -0.15) is 0 Å². The van der Waals surface area contributed by atoms with Crippen molar-refractivity contribution in [3.05, 3.63) is 69.8 Å². The van der Waals surface area contributed by atoms with Crippen LogP contribution in [0.2, 0.25) is 10.0 Å². The lowest BCUT2D eigenvalue weighted by Crippen LogP contribution is -2.02. The Labute approximate surface area is 126 Å². The number of aromatic nitrogens is 1. The average Bonchev–Trinajstić information content (AvgIpc) is 2.81. The Hall–Kier alpha value is -1.77. The highest BCUT2D eigenvalue weighted by molar-refractivity contribution is 6.31. The van der Waals surface area contributed by atoms with Crippen molar-refractivity contribution in [3.63, 3.8) is 0 Å². The Morgan fingerprint density at radius 3 is 2.65 bits per heavy atom. The fourth-order valence-electron chi connectivity index (χ4n) is 2.25. The van der Waals surface area contributed by atoms with Crippen molar-refractivity contribution in [1.29, 1.82) is 0 Å². The molecule has 1 aromatic heterocycles. The maximum Gasteiger partial charge on any atom is 0.169 e. The van der Waals surface area contributed by atoms with E-state index in [0.717, 1.165) is 16.5 Å². The molecule has 0 fully saturated rings. The Kier molecular flexibility index (Phi) is 3.51. The van der Waals surface area contributed by atoms with Gasteiger partial charge in [-0.1, -0.05) is 35.3 Å². The number of ketones is 1. The first-order valence-corrected chi connectivity index (χ1v) is 6.93. The number of H-pyrrole nitrogens is 1. The van der Waals surface area contributed by atoms with Gasteiger partial charge in [0.25, 0.3) is 0 Å².